The van der Waals surface area contributed by atoms with Crippen molar-refractivity contribution in [3.63, 3.8) is 0 Å². The van der Waals surface area contributed by atoms with Crippen molar-refractivity contribution >= 4 is 10.9 Å². The number of aromatic nitrogens is 1. The van der Waals surface area contributed by atoms with Gasteiger partial charge in [0.1, 0.15) is 12.4 Å². The van der Waals surface area contributed by atoms with E-state index in [0.717, 1.165) is 10.9 Å². The van der Waals surface area contributed by atoms with Crippen LogP contribution in [-0.2, 0) is 6.42 Å². The maximum Gasteiger partial charge on any atom is 0.282 e. The second-order valence-corrected chi connectivity index (χ2v) is 5.00. The molecule has 3 nitrogen and oxygen atoms in total. The van der Waals surface area contributed by atoms with Crippen LogP contribution in [0.15, 0.2) is 24.4 Å². The van der Waals surface area contributed by atoms with Crippen LogP contribution in [0.5, 0.6) is 0 Å². The number of aliphatic hydroxyl groups is 1. The molecule has 0 amide bonds. The minimum Gasteiger partial charge on any atom is -0.390 e. The van der Waals surface area contributed by atoms with Crippen molar-refractivity contribution in [3.05, 3.63) is 35.8 Å². The number of alkyl halides is 2. The molecule has 1 unspecified atom stereocenters. The summed E-state index contributed by atoms with van der Waals surface area (Å²) in [4.78, 5) is 2.96. The zero-order chi connectivity index (χ0) is 14.8. The van der Waals surface area contributed by atoms with Gasteiger partial charge in [0.25, 0.3) is 5.92 Å². The third-order valence-electron chi connectivity index (χ3n) is 3.20. The van der Waals surface area contributed by atoms with E-state index in [-0.39, 0.29) is 11.9 Å². The summed E-state index contributed by atoms with van der Waals surface area (Å²) in [7, 11) is 0. The molecular weight excluding hydrogens is 269 g/mol. The molecule has 0 fully saturated rings. The van der Waals surface area contributed by atoms with Crippen LogP contribution >= 0.6 is 0 Å². The molecule has 110 valence electrons. The Hall–Kier alpha value is -1.53. The highest BCUT2D eigenvalue weighted by molar-refractivity contribution is 5.83. The van der Waals surface area contributed by atoms with Gasteiger partial charge in [-0.05, 0) is 37.1 Å². The van der Waals surface area contributed by atoms with Crippen LogP contribution < -0.4 is 5.32 Å². The number of halogens is 3. The summed E-state index contributed by atoms with van der Waals surface area (Å²) in [6.45, 7) is 0.0521. The van der Waals surface area contributed by atoms with Crippen molar-refractivity contribution in [1.82, 2.24) is 10.3 Å². The predicted molar refractivity (Wildman–Crippen MR) is 71.5 cm³/mol. The van der Waals surface area contributed by atoms with E-state index in [1.54, 1.807) is 19.2 Å². The van der Waals surface area contributed by atoms with Crippen LogP contribution in [0, 0.1) is 5.82 Å². The fourth-order valence-electron chi connectivity index (χ4n) is 2.11. The SMILES string of the molecule is CC(Cc1c[nH]c2cc(F)ccc12)NCC(F)(F)CO. The lowest BCUT2D eigenvalue weighted by Gasteiger charge is -2.18. The largest absolute Gasteiger partial charge is 0.390 e. The van der Waals surface area contributed by atoms with E-state index >= 15 is 0 Å². The smallest absolute Gasteiger partial charge is 0.282 e. The molecular formula is C14H17F3N2O. The first kappa shape index (κ1) is 14.9. The highest BCUT2D eigenvalue weighted by Crippen LogP contribution is 2.20. The zero-order valence-corrected chi connectivity index (χ0v) is 11.1. The molecule has 0 bridgehead atoms. The van der Waals surface area contributed by atoms with Crippen molar-refractivity contribution < 1.29 is 18.3 Å². The number of rotatable bonds is 6. The lowest BCUT2D eigenvalue weighted by atomic mass is 10.1. The van der Waals surface area contributed by atoms with Crippen LogP contribution in [0.3, 0.4) is 0 Å². The number of fused-ring (bicyclic) bond motifs is 1. The molecule has 2 rings (SSSR count). The topological polar surface area (TPSA) is 48.0 Å². The molecule has 3 N–H and O–H groups in total. The number of aliphatic hydroxyl groups excluding tert-OH is 1. The number of H-pyrrole nitrogens is 1. The highest BCUT2D eigenvalue weighted by Gasteiger charge is 2.27. The summed E-state index contributed by atoms with van der Waals surface area (Å²) in [5.74, 6) is -3.43. The molecule has 0 radical (unpaired) electrons. The molecule has 6 heteroatoms. The summed E-state index contributed by atoms with van der Waals surface area (Å²) in [6.07, 6.45) is 2.29. The molecule has 1 aromatic carbocycles. The molecule has 0 aliphatic carbocycles. The first-order chi connectivity index (χ1) is 9.41. The molecule has 1 aromatic heterocycles. The summed E-state index contributed by atoms with van der Waals surface area (Å²) >= 11 is 0. The number of nitrogens with one attached hydrogen (secondary N) is 2. The Morgan fingerprint density at radius 2 is 2.15 bits per heavy atom. The van der Waals surface area contributed by atoms with E-state index in [4.69, 9.17) is 5.11 Å². The van der Waals surface area contributed by atoms with Gasteiger partial charge >= 0.3 is 0 Å². The molecule has 0 aliphatic rings. The van der Waals surface area contributed by atoms with Gasteiger partial charge < -0.3 is 15.4 Å². The molecule has 0 spiro atoms. The van der Waals surface area contributed by atoms with Gasteiger partial charge in [0, 0.05) is 23.1 Å². The molecule has 1 atom stereocenters. The maximum absolute atomic E-state index is 13.1. The Labute approximate surface area is 114 Å². The summed E-state index contributed by atoms with van der Waals surface area (Å²) in [5.41, 5.74) is 1.63. The predicted octanol–water partition coefficient (Wildman–Crippen LogP) is 2.46. The highest BCUT2D eigenvalue weighted by atomic mass is 19.3. The van der Waals surface area contributed by atoms with Gasteiger partial charge in [-0.3, -0.25) is 0 Å². The third kappa shape index (κ3) is 3.52. The average Bonchev–Trinajstić information content (AvgIpc) is 2.79. The quantitative estimate of drug-likeness (QED) is 0.764. The first-order valence-electron chi connectivity index (χ1n) is 6.39. The normalized spacial score (nSPS) is 13.8. The lowest BCUT2D eigenvalue weighted by molar-refractivity contribution is -0.0490. The second-order valence-electron chi connectivity index (χ2n) is 5.00. The Kier molecular flexibility index (Phi) is 4.35. The lowest BCUT2D eigenvalue weighted by Crippen LogP contribution is -2.40. The summed E-state index contributed by atoms with van der Waals surface area (Å²) in [6, 6.07) is 4.26. The third-order valence-corrected chi connectivity index (χ3v) is 3.20. The van der Waals surface area contributed by atoms with Crippen molar-refractivity contribution in [2.75, 3.05) is 13.2 Å². The fourth-order valence-corrected chi connectivity index (χ4v) is 2.11. The van der Waals surface area contributed by atoms with Gasteiger partial charge in [-0.25, -0.2) is 13.2 Å². The van der Waals surface area contributed by atoms with E-state index in [1.165, 1.54) is 12.1 Å². The van der Waals surface area contributed by atoms with Crippen molar-refractivity contribution in [3.8, 4) is 0 Å². The number of hydrogen-bond donors (Lipinski definition) is 3. The molecule has 0 aliphatic heterocycles. The monoisotopic (exact) mass is 286 g/mol. The van der Waals surface area contributed by atoms with Crippen molar-refractivity contribution in [2.45, 2.75) is 25.3 Å². The minimum atomic E-state index is -3.11. The molecule has 2 aromatic rings. The number of benzene rings is 1. The van der Waals surface area contributed by atoms with Gasteiger partial charge in [0.2, 0.25) is 0 Å². The minimum absolute atomic E-state index is 0.184. The zero-order valence-electron chi connectivity index (χ0n) is 11.1. The van der Waals surface area contributed by atoms with Crippen molar-refractivity contribution in [2.24, 2.45) is 0 Å². The van der Waals surface area contributed by atoms with Crippen molar-refractivity contribution in [1.29, 1.82) is 0 Å². The molecule has 0 saturated heterocycles. The van der Waals surface area contributed by atoms with Crippen LogP contribution in [0.4, 0.5) is 13.2 Å². The fraction of sp³-hybridized carbons (Fsp3) is 0.429. The number of aromatic amines is 1. The Morgan fingerprint density at radius 1 is 1.40 bits per heavy atom. The Balaban J connectivity index is 2.01. The Bertz CT molecular complexity index is 583. The first-order valence-corrected chi connectivity index (χ1v) is 6.39. The van der Waals surface area contributed by atoms with E-state index in [9.17, 15) is 13.2 Å². The standard InChI is InChI=1S/C14H17F3N2O/c1-9(19-7-14(16,17)8-20)4-10-6-18-13-5-11(15)2-3-12(10)13/h2-3,5-6,9,18-20H,4,7-8H2,1H3. The second kappa shape index (κ2) is 5.85. The van der Waals surface area contributed by atoms with E-state index in [1.807, 2.05) is 0 Å². The summed E-state index contributed by atoms with van der Waals surface area (Å²) < 4.78 is 38.9. The van der Waals surface area contributed by atoms with Crippen LogP contribution in [-0.4, -0.2) is 35.2 Å². The van der Waals surface area contributed by atoms with Gasteiger partial charge in [-0.1, -0.05) is 0 Å². The van der Waals surface area contributed by atoms with E-state index < -0.39 is 19.1 Å². The van der Waals surface area contributed by atoms with E-state index in [2.05, 4.69) is 10.3 Å². The maximum atomic E-state index is 13.1. The molecule has 0 saturated carbocycles. The van der Waals surface area contributed by atoms with Gasteiger partial charge in [-0.2, -0.15) is 0 Å². The number of hydrogen-bond acceptors (Lipinski definition) is 2. The van der Waals surface area contributed by atoms with Gasteiger partial charge in [0.15, 0.2) is 0 Å². The van der Waals surface area contributed by atoms with Gasteiger partial charge in [-0.15, -0.1) is 0 Å². The van der Waals surface area contributed by atoms with Crippen LogP contribution in [0.2, 0.25) is 0 Å². The average molecular weight is 286 g/mol. The van der Waals surface area contributed by atoms with E-state index in [0.29, 0.717) is 11.9 Å². The van der Waals surface area contributed by atoms with Crippen LogP contribution in [0.1, 0.15) is 12.5 Å². The molecule has 1 heterocycles. The Morgan fingerprint density at radius 3 is 2.85 bits per heavy atom. The van der Waals surface area contributed by atoms with Gasteiger partial charge in [0.05, 0.1) is 6.54 Å². The molecule has 20 heavy (non-hydrogen) atoms. The van der Waals surface area contributed by atoms with Crippen LogP contribution in [0.25, 0.3) is 10.9 Å². The summed E-state index contributed by atoms with van der Waals surface area (Å²) in [5, 5.41) is 12.1.